The monoisotopic (exact) mass is 374 g/mol. The minimum atomic E-state index is -1.14. The molecule has 0 bridgehead atoms. The molecule has 1 aliphatic rings. The highest BCUT2D eigenvalue weighted by atomic mass is 16.6. The zero-order valence-electron chi connectivity index (χ0n) is 17.6. The SMILES string of the molecule is CC(=O)OC(C)(C)C(=O)NC1CCC(Cc2ccc(C)cc2)(N(C)C)CC1. The highest BCUT2D eigenvalue weighted by Crippen LogP contribution is 2.35. The molecule has 5 nitrogen and oxygen atoms in total. The molecule has 0 radical (unpaired) electrons. The van der Waals surface area contributed by atoms with Gasteiger partial charge in [-0.25, -0.2) is 0 Å². The maximum atomic E-state index is 12.5. The normalized spacial score (nSPS) is 23.1. The maximum Gasteiger partial charge on any atom is 0.303 e. The topological polar surface area (TPSA) is 58.6 Å². The molecule has 0 aromatic heterocycles. The number of hydrogen-bond donors (Lipinski definition) is 1. The third-order valence-corrected chi connectivity index (χ3v) is 5.80. The van der Waals surface area contributed by atoms with Gasteiger partial charge in [-0.1, -0.05) is 29.8 Å². The first-order valence-corrected chi connectivity index (χ1v) is 9.78. The smallest absolute Gasteiger partial charge is 0.303 e. The summed E-state index contributed by atoms with van der Waals surface area (Å²) < 4.78 is 5.15. The molecule has 1 aliphatic carbocycles. The van der Waals surface area contributed by atoms with Crippen molar-refractivity contribution < 1.29 is 14.3 Å². The highest BCUT2D eigenvalue weighted by Gasteiger charge is 2.39. The number of carbonyl (C=O) groups is 2. The molecule has 0 atom stereocenters. The number of likely N-dealkylation sites (N-methyl/N-ethyl adjacent to an activating group) is 1. The van der Waals surface area contributed by atoms with Gasteiger partial charge in [-0.2, -0.15) is 0 Å². The van der Waals surface area contributed by atoms with Gasteiger partial charge >= 0.3 is 5.97 Å². The number of nitrogens with zero attached hydrogens (tertiary/aromatic N) is 1. The van der Waals surface area contributed by atoms with Gasteiger partial charge in [-0.15, -0.1) is 0 Å². The Labute approximate surface area is 163 Å². The van der Waals surface area contributed by atoms with Crippen molar-refractivity contribution in [1.82, 2.24) is 10.2 Å². The van der Waals surface area contributed by atoms with E-state index in [1.807, 2.05) is 0 Å². The first-order chi connectivity index (χ1) is 12.5. The Bertz CT molecular complexity index is 657. The van der Waals surface area contributed by atoms with Crippen molar-refractivity contribution in [3.63, 3.8) is 0 Å². The van der Waals surface area contributed by atoms with Crippen molar-refractivity contribution in [1.29, 1.82) is 0 Å². The van der Waals surface area contributed by atoms with E-state index in [0.717, 1.165) is 32.1 Å². The minimum Gasteiger partial charge on any atom is -0.450 e. The molecule has 0 heterocycles. The van der Waals surface area contributed by atoms with Crippen molar-refractivity contribution in [2.24, 2.45) is 0 Å². The summed E-state index contributed by atoms with van der Waals surface area (Å²) in [6.45, 7) is 6.70. The van der Waals surface area contributed by atoms with Gasteiger partial charge in [0.2, 0.25) is 0 Å². The van der Waals surface area contributed by atoms with Gasteiger partial charge in [0.1, 0.15) is 0 Å². The standard InChI is InChI=1S/C22H34N2O3/c1-16-7-9-18(10-8-16)15-22(24(5)6)13-11-19(12-14-22)23-20(26)21(3,4)27-17(2)25/h7-10,19H,11-15H2,1-6H3,(H,23,26). The van der Waals surface area contributed by atoms with E-state index < -0.39 is 11.6 Å². The lowest BCUT2D eigenvalue weighted by Gasteiger charge is -2.46. The molecule has 27 heavy (non-hydrogen) atoms. The van der Waals surface area contributed by atoms with E-state index in [1.165, 1.54) is 18.1 Å². The summed E-state index contributed by atoms with van der Waals surface area (Å²) in [5, 5.41) is 3.08. The lowest BCUT2D eigenvalue weighted by molar-refractivity contribution is -0.163. The first-order valence-electron chi connectivity index (χ1n) is 9.78. The van der Waals surface area contributed by atoms with Crippen LogP contribution < -0.4 is 5.32 Å². The molecule has 0 aliphatic heterocycles. The van der Waals surface area contributed by atoms with Gasteiger partial charge in [0.15, 0.2) is 5.60 Å². The van der Waals surface area contributed by atoms with Crippen LogP contribution in [0.25, 0.3) is 0 Å². The van der Waals surface area contributed by atoms with Gasteiger partial charge in [0.05, 0.1) is 0 Å². The van der Waals surface area contributed by atoms with Crippen LogP contribution in [0.2, 0.25) is 0 Å². The number of amides is 1. The second-order valence-corrected chi connectivity index (χ2v) is 8.63. The molecule has 2 rings (SSSR count). The van der Waals surface area contributed by atoms with E-state index in [1.54, 1.807) is 13.8 Å². The van der Waals surface area contributed by atoms with E-state index in [4.69, 9.17) is 4.74 Å². The largest absolute Gasteiger partial charge is 0.450 e. The molecule has 0 spiro atoms. The number of esters is 1. The Morgan fingerprint density at radius 2 is 1.74 bits per heavy atom. The zero-order chi connectivity index (χ0) is 20.2. The molecular weight excluding hydrogens is 340 g/mol. The van der Waals surface area contributed by atoms with Gasteiger partial charge in [-0.3, -0.25) is 9.59 Å². The van der Waals surface area contributed by atoms with Crippen molar-refractivity contribution in [3.8, 4) is 0 Å². The molecule has 1 saturated carbocycles. The summed E-state index contributed by atoms with van der Waals surface area (Å²) in [6.07, 6.45) is 4.90. The van der Waals surface area contributed by atoms with Crippen LogP contribution in [0, 0.1) is 6.92 Å². The Balaban J connectivity index is 1.99. The molecule has 0 saturated heterocycles. The molecule has 1 aromatic carbocycles. The fraction of sp³-hybridized carbons (Fsp3) is 0.636. The second-order valence-electron chi connectivity index (χ2n) is 8.63. The van der Waals surface area contributed by atoms with Crippen LogP contribution >= 0.6 is 0 Å². The summed E-state index contributed by atoms with van der Waals surface area (Å²) in [7, 11) is 4.30. The number of carbonyl (C=O) groups excluding carboxylic acids is 2. The van der Waals surface area contributed by atoms with Crippen LogP contribution in [0.5, 0.6) is 0 Å². The van der Waals surface area contributed by atoms with Crippen molar-refractivity contribution in [3.05, 3.63) is 35.4 Å². The summed E-state index contributed by atoms with van der Waals surface area (Å²) in [5.41, 5.74) is 1.61. The minimum absolute atomic E-state index is 0.113. The molecule has 0 unspecified atom stereocenters. The molecule has 1 amide bonds. The summed E-state index contributed by atoms with van der Waals surface area (Å²) in [5.74, 6) is -0.665. The van der Waals surface area contributed by atoms with Gasteiger partial charge in [0, 0.05) is 18.5 Å². The molecule has 150 valence electrons. The first kappa shape index (κ1) is 21.4. The maximum absolute atomic E-state index is 12.5. The van der Waals surface area contributed by atoms with Crippen LogP contribution in [0.4, 0.5) is 0 Å². The number of ether oxygens (including phenoxy) is 1. The lowest BCUT2D eigenvalue weighted by atomic mass is 9.74. The quantitative estimate of drug-likeness (QED) is 0.777. The van der Waals surface area contributed by atoms with Crippen LogP contribution in [-0.4, -0.2) is 48.1 Å². The van der Waals surface area contributed by atoms with E-state index >= 15 is 0 Å². The molecular formula is C22H34N2O3. The lowest BCUT2D eigenvalue weighted by Crippen LogP contribution is -2.54. The second kappa shape index (κ2) is 8.42. The van der Waals surface area contributed by atoms with E-state index in [-0.39, 0.29) is 17.5 Å². The third kappa shape index (κ3) is 5.55. The number of nitrogens with one attached hydrogen (secondary N) is 1. The average molecular weight is 375 g/mol. The van der Waals surface area contributed by atoms with Crippen LogP contribution in [0.1, 0.15) is 57.6 Å². The van der Waals surface area contributed by atoms with Crippen LogP contribution in [0.15, 0.2) is 24.3 Å². The molecule has 5 heteroatoms. The predicted octanol–water partition coefficient (Wildman–Crippen LogP) is 3.24. The fourth-order valence-electron chi connectivity index (χ4n) is 3.93. The van der Waals surface area contributed by atoms with Gasteiger partial charge < -0.3 is 15.0 Å². The van der Waals surface area contributed by atoms with E-state index in [0.29, 0.717) is 0 Å². The number of aryl methyl sites for hydroxylation is 1. The molecule has 1 aromatic rings. The van der Waals surface area contributed by atoms with Gasteiger partial charge in [-0.05, 0) is 72.5 Å². The molecule has 1 fully saturated rings. The Hall–Kier alpha value is -1.88. The third-order valence-electron chi connectivity index (χ3n) is 5.80. The zero-order valence-corrected chi connectivity index (χ0v) is 17.6. The van der Waals surface area contributed by atoms with E-state index in [2.05, 4.69) is 55.5 Å². The number of hydrogen-bond acceptors (Lipinski definition) is 4. The van der Waals surface area contributed by atoms with Crippen molar-refractivity contribution >= 4 is 11.9 Å². The average Bonchev–Trinajstić information content (AvgIpc) is 2.57. The summed E-state index contributed by atoms with van der Waals surface area (Å²) >= 11 is 0. The Morgan fingerprint density at radius 1 is 1.19 bits per heavy atom. The highest BCUT2D eigenvalue weighted by molar-refractivity contribution is 5.86. The Kier molecular flexibility index (Phi) is 6.68. The summed E-state index contributed by atoms with van der Waals surface area (Å²) in [6, 6.07) is 8.90. The Morgan fingerprint density at radius 3 is 2.22 bits per heavy atom. The summed E-state index contributed by atoms with van der Waals surface area (Å²) in [4.78, 5) is 26.0. The van der Waals surface area contributed by atoms with Crippen LogP contribution in [-0.2, 0) is 20.7 Å². The van der Waals surface area contributed by atoms with Crippen molar-refractivity contribution in [2.75, 3.05) is 14.1 Å². The van der Waals surface area contributed by atoms with Crippen LogP contribution in [0.3, 0.4) is 0 Å². The van der Waals surface area contributed by atoms with Crippen molar-refractivity contribution in [2.45, 2.75) is 77.0 Å². The molecule has 1 N–H and O–H groups in total. The predicted molar refractivity (Wildman–Crippen MR) is 108 cm³/mol. The number of benzene rings is 1. The number of rotatable bonds is 6. The van der Waals surface area contributed by atoms with E-state index in [9.17, 15) is 9.59 Å². The fourth-order valence-corrected chi connectivity index (χ4v) is 3.93. The van der Waals surface area contributed by atoms with Gasteiger partial charge in [0.25, 0.3) is 5.91 Å².